The molecular weight excluding hydrogens is 324 g/mol. The molecule has 0 aliphatic carbocycles. The van der Waals surface area contributed by atoms with E-state index in [4.69, 9.17) is 5.73 Å². The second kappa shape index (κ2) is 7.83. The van der Waals surface area contributed by atoms with Crippen LogP contribution in [0.25, 0.3) is 0 Å². The molecule has 0 radical (unpaired) electrons. The number of carbonyl (C=O) groups excluding carboxylic acids is 2. The third-order valence-corrected chi connectivity index (χ3v) is 5.34. The van der Waals surface area contributed by atoms with Gasteiger partial charge in [0.05, 0.1) is 0 Å². The van der Waals surface area contributed by atoms with Gasteiger partial charge in [0.1, 0.15) is 0 Å². The number of ketones is 1. The first kappa shape index (κ1) is 18.3. The molecule has 1 aliphatic heterocycles. The zero-order chi connectivity index (χ0) is 18.7. The van der Waals surface area contributed by atoms with Crippen LogP contribution in [0.3, 0.4) is 0 Å². The summed E-state index contributed by atoms with van der Waals surface area (Å²) in [7, 11) is 0. The molecule has 0 aromatic heterocycles. The summed E-state index contributed by atoms with van der Waals surface area (Å²) < 4.78 is 0. The molecule has 1 fully saturated rings. The van der Waals surface area contributed by atoms with Crippen molar-refractivity contribution in [1.29, 1.82) is 0 Å². The van der Waals surface area contributed by atoms with Gasteiger partial charge < -0.3 is 10.6 Å². The Labute approximate surface area is 155 Å². The molecule has 1 saturated heterocycles. The van der Waals surface area contributed by atoms with Gasteiger partial charge in [0, 0.05) is 43.5 Å². The Morgan fingerprint density at radius 2 is 1.73 bits per heavy atom. The van der Waals surface area contributed by atoms with Crippen LogP contribution in [-0.4, -0.2) is 35.7 Å². The van der Waals surface area contributed by atoms with E-state index in [2.05, 4.69) is 12.1 Å². The summed E-state index contributed by atoms with van der Waals surface area (Å²) in [5.74, 6) is 0.191. The van der Waals surface area contributed by atoms with Crippen molar-refractivity contribution in [2.24, 2.45) is 5.73 Å². The van der Waals surface area contributed by atoms with Crippen LogP contribution in [0.2, 0.25) is 0 Å². The summed E-state index contributed by atoms with van der Waals surface area (Å²) in [4.78, 5) is 26.7. The second-order valence-corrected chi connectivity index (χ2v) is 7.20. The molecule has 4 nitrogen and oxygen atoms in total. The molecule has 1 aliphatic rings. The number of Topliss-reactive ketones (excluding diaryl/α,β-unsaturated/α-hetero) is 1. The van der Waals surface area contributed by atoms with Crippen molar-refractivity contribution in [2.75, 3.05) is 13.1 Å². The highest BCUT2D eigenvalue weighted by Crippen LogP contribution is 2.27. The van der Waals surface area contributed by atoms with Gasteiger partial charge in [0.15, 0.2) is 5.78 Å². The fourth-order valence-electron chi connectivity index (χ4n) is 3.52. The highest BCUT2D eigenvalue weighted by molar-refractivity contribution is 5.98. The largest absolute Gasteiger partial charge is 0.340 e. The molecule has 2 aromatic rings. The van der Waals surface area contributed by atoms with E-state index in [1.807, 2.05) is 50.2 Å². The summed E-state index contributed by atoms with van der Waals surface area (Å²) in [6.45, 7) is 5.19. The Bertz CT molecular complexity index is 801. The third-order valence-electron chi connectivity index (χ3n) is 5.34. The lowest BCUT2D eigenvalue weighted by Crippen LogP contribution is -2.32. The lowest BCUT2D eigenvalue weighted by Gasteiger charge is -2.16. The minimum Gasteiger partial charge on any atom is -0.340 e. The molecule has 2 N–H and O–H groups in total. The number of likely N-dealkylation sites (tertiary alicyclic amines) is 1. The van der Waals surface area contributed by atoms with Gasteiger partial charge in [0.2, 0.25) is 5.91 Å². The maximum absolute atomic E-state index is 12.5. The van der Waals surface area contributed by atoms with Gasteiger partial charge >= 0.3 is 0 Å². The summed E-state index contributed by atoms with van der Waals surface area (Å²) in [5, 5.41) is 0. The average Bonchev–Trinajstić information content (AvgIpc) is 3.04. The highest BCUT2D eigenvalue weighted by Gasteiger charge is 2.33. The van der Waals surface area contributed by atoms with Gasteiger partial charge in [-0.15, -0.1) is 0 Å². The van der Waals surface area contributed by atoms with Crippen LogP contribution in [0.4, 0.5) is 0 Å². The van der Waals surface area contributed by atoms with Gasteiger partial charge in [-0.3, -0.25) is 9.59 Å². The van der Waals surface area contributed by atoms with Crippen molar-refractivity contribution in [1.82, 2.24) is 4.90 Å². The summed E-state index contributed by atoms with van der Waals surface area (Å²) in [5.41, 5.74) is 10.4. The summed E-state index contributed by atoms with van der Waals surface area (Å²) in [6, 6.07) is 15.7. The lowest BCUT2D eigenvalue weighted by atomic mass is 9.95. The first-order chi connectivity index (χ1) is 12.5. The zero-order valence-electron chi connectivity index (χ0n) is 15.4. The first-order valence-electron chi connectivity index (χ1n) is 9.14. The number of rotatable bonds is 5. The number of hydrogen-bond acceptors (Lipinski definition) is 3. The second-order valence-electron chi connectivity index (χ2n) is 7.20. The highest BCUT2D eigenvalue weighted by atomic mass is 16.2. The average molecular weight is 350 g/mol. The van der Waals surface area contributed by atoms with Crippen LogP contribution in [0.1, 0.15) is 45.8 Å². The minimum absolute atomic E-state index is 0.0102. The Hall–Kier alpha value is -2.46. The third kappa shape index (κ3) is 4.02. The molecule has 3 rings (SSSR count). The molecule has 136 valence electrons. The van der Waals surface area contributed by atoms with Crippen LogP contribution in [0, 0.1) is 13.8 Å². The SMILES string of the molecule is Cc1ccc(C(=O)CCC(=O)N2C[C@@H](N)[C@H](c3ccccc3)C2)cc1C. The van der Waals surface area contributed by atoms with E-state index >= 15 is 0 Å². The van der Waals surface area contributed by atoms with E-state index in [0.29, 0.717) is 18.7 Å². The Balaban J connectivity index is 1.57. The quantitative estimate of drug-likeness (QED) is 0.842. The van der Waals surface area contributed by atoms with Gasteiger partial charge in [-0.2, -0.15) is 0 Å². The normalized spacial score (nSPS) is 19.6. The topological polar surface area (TPSA) is 63.4 Å². The molecule has 1 amide bonds. The minimum atomic E-state index is -0.0585. The number of benzene rings is 2. The first-order valence-corrected chi connectivity index (χ1v) is 9.14. The standard InChI is InChI=1S/C22H26N2O2/c1-15-8-9-18(12-16(15)2)21(25)10-11-22(26)24-13-19(20(23)14-24)17-6-4-3-5-7-17/h3-9,12,19-20H,10-11,13-14,23H2,1-2H3/t19-,20+/m0/s1. The van der Waals surface area contributed by atoms with E-state index in [1.165, 1.54) is 5.56 Å². The van der Waals surface area contributed by atoms with Crippen LogP contribution in [0.5, 0.6) is 0 Å². The van der Waals surface area contributed by atoms with Crippen molar-refractivity contribution < 1.29 is 9.59 Å². The van der Waals surface area contributed by atoms with E-state index in [-0.39, 0.29) is 36.5 Å². The van der Waals surface area contributed by atoms with Crippen molar-refractivity contribution in [3.05, 3.63) is 70.8 Å². The maximum atomic E-state index is 12.5. The predicted molar refractivity (Wildman–Crippen MR) is 103 cm³/mol. The monoisotopic (exact) mass is 350 g/mol. The van der Waals surface area contributed by atoms with Crippen LogP contribution in [-0.2, 0) is 4.79 Å². The van der Waals surface area contributed by atoms with Gasteiger partial charge in [0.25, 0.3) is 0 Å². The fraction of sp³-hybridized carbons (Fsp3) is 0.364. The Morgan fingerprint density at radius 3 is 2.42 bits per heavy atom. The number of hydrogen-bond donors (Lipinski definition) is 1. The number of aryl methyl sites for hydroxylation is 2. The van der Waals surface area contributed by atoms with Crippen LogP contribution < -0.4 is 5.73 Å². The maximum Gasteiger partial charge on any atom is 0.223 e. The smallest absolute Gasteiger partial charge is 0.223 e. The van der Waals surface area contributed by atoms with E-state index in [1.54, 1.807) is 4.90 Å². The molecule has 0 unspecified atom stereocenters. The molecule has 4 heteroatoms. The lowest BCUT2D eigenvalue weighted by molar-refractivity contribution is -0.130. The van der Waals surface area contributed by atoms with Gasteiger partial charge in [-0.05, 0) is 36.6 Å². The summed E-state index contributed by atoms with van der Waals surface area (Å²) in [6.07, 6.45) is 0.475. The molecular formula is C22H26N2O2. The van der Waals surface area contributed by atoms with Crippen LogP contribution >= 0.6 is 0 Å². The van der Waals surface area contributed by atoms with Crippen molar-refractivity contribution >= 4 is 11.7 Å². The summed E-state index contributed by atoms with van der Waals surface area (Å²) >= 11 is 0. The van der Waals surface area contributed by atoms with Crippen molar-refractivity contribution in [3.63, 3.8) is 0 Å². The molecule has 1 heterocycles. The molecule has 0 bridgehead atoms. The van der Waals surface area contributed by atoms with Crippen LogP contribution in [0.15, 0.2) is 48.5 Å². The molecule has 26 heavy (non-hydrogen) atoms. The molecule has 0 saturated carbocycles. The van der Waals surface area contributed by atoms with Crippen molar-refractivity contribution in [2.45, 2.75) is 38.6 Å². The predicted octanol–water partition coefficient (Wildman–Crippen LogP) is 3.22. The molecule has 2 aromatic carbocycles. The number of amides is 1. The number of nitrogens with two attached hydrogens (primary N) is 1. The van der Waals surface area contributed by atoms with Gasteiger partial charge in [-0.1, -0.05) is 42.5 Å². The van der Waals surface area contributed by atoms with Crippen molar-refractivity contribution in [3.8, 4) is 0 Å². The number of nitrogens with zero attached hydrogens (tertiary/aromatic N) is 1. The molecule has 0 spiro atoms. The number of carbonyl (C=O) groups is 2. The van der Waals surface area contributed by atoms with E-state index in [0.717, 1.165) is 11.1 Å². The van der Waals surface area contributed by atoms with E-state index < -0.39 is 0 Å². The Morgan fingerprint density at radius 1 is 1.00 bits per heavy atom. The van der Waals surface area contributed by atoms with Gasteiger partial charge in [-0.25, -0.2) is 0 Å². The Kier molecular flexibility index (Phi) is 5.52. The van der Waals surface area contributed by atoms with E-state index in [9.17, 15) is 9.59 Å². The fourth-order valence-corrected chi connectivity index (χ4v) is 3.52. The molecule has 2 atom stereocenters. The zero-order valence-corrected chi connectivity index (χ0v) is 15.4.